The van der Waals surface area contributed by atoms with Crippen molar-refractivity contribution >= 4 is 17.2 Å². The standard InChI is InChI=1S/C8H6N2O.CH4O/c11-5-7-3-6-1-2-9-4-8(6)10-7;1-2/h1-5,10H;2H,1H3. The number of rotatable bonds is 1. The number of fused-ring (bicyclic) bond motifs is 1. The maximum absolute atomic E-state index is 10.3. The van der Waals surface area contributed by atoms with Crippen molar-refractivity contribution in [2.45, 2.75) is 0 Å². The minimum Gasteiger partial charge on any atom is -0.400 e. The number of nitrogens with one attached hydrogen (secondary N) is 1. The van der Waals surface area contributed by atoms with E-state index in [0.29, 0.717) is 5.69 Å². The van der Waals surface area contributed by atoms with E-state index in [-0.39, 0.29) is 0 Å². The van der Waals surface area contributed by atoms with Gasteiger partial charge in [-0.25, -0.2) is 0 Å². The van der Waals surface area contributed by atoms with Crippen molar-refractivity contribution in [1.29, 1.82) is 0 Å². The molecule has 2 aromatic heterocycles. The fourth-order valence-electron chi connectivity index (χ4n) is 1.06. The van der Waals surface area contributed by atoms with E-state index in [9.17, 15) is 4.79 Å². The third kappa shape index (κ3) is 1.91. The fourth-order valence-corrected chi connectivity index (χ4v) is 1.06. The van der Waals surface area contributed by atoms with Crippen LogP contribution in [-0.2, 0) is 0 Å². The van der Waals surface area contributed by atoms with Crippen molar-refractivity contribution in [1.82, 2.24) is 9.97 Å². The molecule has 4 heteroatoms. The highest BCUT2D eigenvalue weighted by atomic mass is 16.2. The maximum atomic E-state index is 10.3. The second kappa shape index (κ2) is 4.37. The molecule has 0 aliphatic carbocycles. The predicted octanol–water partition coefficient (Wildman–Crippen LogP) is 0.984. The SMILES string of the molecule is CO.O=Cc1cc2ccncc2[nH]1. The summed E-state index contributed by atoms with van der Waals surface area (Å²) in [7, 11) is 1.00. The number of hydrogen-bond donors (Lipinski definition) is 2. The molecular weight excluding hydrogens is 168 g/mol. The number of aromatic amines is 1. The van der Waals surface area contributed by atoms with Crippen LogP contribution in [-0.4, -0.2) is 28.5 Å². The summed E-state index contributed by atoms with van der Waals surface area (Å²) < 4.78 is 0. The van der Waals surface area contributed by atoms with Crippen LogP contribution in [0.15, 0.2) is 24.5 Å². The van der Waals surface area contributed by atoms with Crippen LogP contribution >= 0.6 is 0 Å². The molecule has 0 aliphatic rings. The lowest BCUT2D eigenvalue weighted by Gasteiger charge is -1.82. The average molecular weight is 178 g/mol. The Kier molecular flexibility index (Phi) is 3.16. The number of carbonyl (C=O) groups excluding carboxylic acids is 1. The molecular formula is C9H10N2O2. The van der Waals surface area contributed by atoms with Gasteiger partial charge in [-0.05, 0) is 12.1 Å². The number of aldehydes is 1. The van der Waals surface area contributed by atoms with Crippen molar-refractivity contribution in [3.63, 3.8) is 0 Å². The van der Waals surface area contributed by atoms with Gasteiger partial charge in [-0.1, -0.05) is 0 Å². The van der Waals surface area contributed by atoms with Gasteiger partial charge in [-0.15, -0.1) is 0 Å². The summed E-state index contributed by atoms with van der Waals surface area (Å²) >= 11 is 0. The third-order valence-corrected chi connectivity index (χ3v) is 1.57. The lowest BCUT2D eigenvalue weighted by Crippen LogP contribution is -1.74. The van der Waals surface area contributed by atoms with Gasteiger partial charge in [0.1, 0.15) is 0 Å². The molecule has 2 aromatic rings. The maximum Gasteiger partial charge on any atom is 0.166 e. The van der Waals surface area contributed by atoms with Gasteiger partial charge in [0.05, 0.1) is 17.4 Å². The zero-order chi connectivity index (χ0) is 9.68. The van der Waals surface area contributed by atoms with Crippen LogP contribution < -0.4 is 0 Å². The highest BCUT2D eigenvalue weighted by Gasteiger charge is 1.96. The second-order valence-corrected chi connectivity index (χ2v) is 2.31. The Morgan fingerprint density at radius 1 is 1.54 bits per heavy atom. The molecule has 0 spiro atoms. The van der Waals surface area contributed by atoms with E-state index in [1.54, 1.807) is 18.5 Å². The van der Waals surface area contributed by atoms with Gasteiger partial charge >= 0.3 is 0 Å². The molecule has 68 valence electrons. The molecule has 0 saturated heterocycles. The molecule has 0 amide bonds. The summed E-state index contributed by atoms with van der Waals surface area (Å²) in [5.74, 6) is 0. The molecule has 2 N–H and O–H groups in total. The molecule has 0 aliphatic heterocycles. The quantitative estimate of drug-likeness (QED) is 0.640. The summed E-state index contributed by atoms with van der Waals surface area (Å²) in [4.78, 5) is 17.2. The Labute approximate surface area is 75.2 Å². The first kappa shape index (κ1) is 9.41. The lowest BCUT2D eigenvalue weighted by molar-refractivity contribution is 0.112. The Balaban J connectivity index is 0.000000396. The summed E-state index contributed by atoms with van der Waals surface area (Å²) in [6, 6.07) is 3.66. The van der Waals surface area contributed by atoms with Gasteiger partial charge < -0.3 is 10.1 Å². The number of aliphatic hydroxyl groups excluding tert-OH is 1. The van der Waals surface area contributed by atoms with Crippen molar-refractivity contribution in [3.05, 3.63) is 30.2 Å². The Bertz CT molecular complexity index is 362. The van der Waals surface area contributed by atoms with E-state index < -0.39 is 0 Å². The largest absolute Gasteiger partial charge is 0.400 e. The van der Waals surface area contributed by atoms with Gasteiger partial charge in [-0.3, -0.25) is 9.78 Å². The molecule has 0 fully saturated rings. The number of aliphatic hydroxyl groups is 1. The smallest absolute Gasteiger partial charge is 0.166 e. The highest BCUT2D eigenvalue weighted by Crippen LogP contribution is 2.11. The molecule has 0 atom stereocenters. The third-order valence-electron chi connectivity index (χ3n) is 1.57. The molecule has 0 aromatic carbocycles. The molecule has 0 bridgehead atoms. The Hall–Kier alpha value is -1.68. The van der Waals surface area contributed by atoms with Crippen molar-refractivity contribution < 1.29 is 9.90 Å². The zero-order valence-electron chi connectivity index (χ0n) is 7.19. The number of carbonyl (C=O) groups is 1. The van der Waals surface area contributed by atoms with Crippen LogP contribution in [0.25, 0.3) is 10.9 Å². The van der Waals surface area contributed by atoms with Crippen LogP contribution in [0.2, 0.25) is 0 Å². The Morgan fingerprint density at radius 2 is 2.31 bits per heavy atom. The van der Waals surface area contributed by atoms with Gasteiger partial charge in [0.15, 0.2) is 6.29 Å². The first-order valence-corrected chi connectivity index (χ1v) is 3.73. The van der Waals surface area contributed by atoms with E-state index in [2.05, 4.69) is 9.97 Å². The summed E-state index contributed by atoms with van der Waals surface area (Å²) in [6.07, 6.45) is 4.19. The monoisotopic (exact) mass is 178 g/mol. The fraction of sp³-hybridized carbons (Fsp3) is 0.111. The van der Waals surface area contributed by atoms with Crippen molar-refractivity contribution in [2.75, 3.05) is 7.11 Å². The number of aromatic nitrogens is 2. The summed E-state index contributed by atoms with van der Waals surface area (Å²) in [5, 5.41) is 8.02. The molecule has 0 unspecified atom stereocenters. The summed E-state index contributed by atoms with van der Waals surface area (Å²) in [6.45, 7) is 0. The van der Waals surface area contributed by atoms with E-state index in [1.165, 1.54) is 0 Å². The van der Waals surface area contributed by atoms with Gasteiger partial charge in [-0.2, -0.15) is 0 Å². The molecule has 2 rings (SSSR count). The first-order valence-electron chi connectivity index (χ1n) is 3.73. The topological polar surface area (TPSA) is 66.0 Å². The minimum absolute atomic E-state index is 0.591. The second-order valence-electron chi connectivity index (χ2n) is 2.31. The molecule has 0 radical (unpaired) electrons. The normalized spacial score (nSPS) is 9.08. The van der Waals surface area contributed by atoms with Crippen molar-refractivity contribution in [2.24, 2.45) is 0 Å². The van der Waals surface area contributed by atoms with Gasteiger partial charge in [0.2, 0.25) is 0 Å². The molecule has 13 heavy (non-hydrogen) atoms. The number of H-pyrrole nitrogens is 1. The zero-order valence-corrected chi connectivity index (χ0v) is 7.19. The Morgan fingerprint density at radius 3 is 2.92 bits per heavy atom. The molecule has 2 heterocycles. The number of nitrogens with zero attached hydrogens (tertiary/aromatic N) is 1. The summed E-state index contributed by atoms with van der Waals surface area (Å²) in [5.41, 5.74) is 1.49. The highest BCUT2D eigenvalue weighted by molar-refractivity contribution is 5.87. The predicted molar refractivity (Wildman–Crippen MR) is 49.6 cm³/mol. The van der Waals surface area contributed by atoms with Crippen LogP contribution in [0.1, 0.15) is 10.5 Å². The molecule has 0 saturated carbocycles. The lowest BCUT2D eigenvalue weighted by atomic mass is 10.3. The van der Waals surface area contributed by atoms with E-state index in [4.69, 9.17) is 5.11 Å². The van der Waals surface area contributed by atoms with Crippen LogP contribution in [0.3, 0.4) is 0 Å². The van der Waals surface area contributed by atoms with Crippen molar-refractivity contribution in [3.8, 4) is 0 Å². The van der Waals surface area contributed by atoms with Gasteiger partial charge in [0.25, 0.3) is 0 Å². The van der Waals surface area contributed by atoms with Crippen LogP contribution in [0, 0.1) is 0 Å². The van der Waals surface area contributed by atoms with Gasteiger partial charge in [0, 0.05) is 18.7 Å². The van der Waals surface area contributed by atoms with Crippen LogP contribution in [0.5, 0.6) is 0 Å². The molecule has 4 nitrogen and oxygen atoms in total. The van der Waals surface area contributed by atoms with E-state index in [0.717, 1.165) is 24.3 Å². The van der Waals surface area contributed by atoms with Crippen LogP contribution in [0.4, 0.5) is 0 Å². The minimum atomic E-state index is 0.591. The number of pyridine rings is 1. The average Bonchev–Trinajstić information content (AvgIpc) is 2.63. The first-order chi connectivity index (χ1) is 6.40. The van der Waals surface area contributed by atoms with E-state index in [1.807, 2.05) is 6.07 Å². The number of hydrogen-bond acceptors (Lipinski definition) is 3. The van der Waals surface area contributed by atoms with E-state index >= 15 is 0 Å².